The Labute approximate surface area is 208 Å². The second-order valence-electron chi connectivity index (χ2n) is 10.5. The molecular formula is C28H38N4O3. The van der Waals surface area contributed by atoms with Crippen molar-refractivity contribution in [2.45, 2.75) is 84.0 Å². The van der Waals surface area contributed by atoms with Crippen LogP contribution >= 0.6 is 0 Å². The van der Waals surface area contributed by atoms with Gasteiger partial charge in [0, 0.05) is 37.4 Å². The fourth-order valence-electron chi connectivity index (χ4n) is 6.06. The normalized spacial score (nSPS) is 22.9. The monoisotopic (exact) mass is 478 g/mol. The summed E-state index contributed by atoms with van der Waals surface area (Å²) in [6.45, 7) is 9.13. The van der Waals surface area contributed by atoms with Crippen LogP contribution in [0.5, 0.6) is 0 Å². The maximum absolute atomic E-state index is 13.4. The Hall–Kier alpha value is -2.67. The van der Waals surface area contributed by atoms with Gasteiger partial charge in [-0.2, -0.15) is 5.10 Å². The van der Waals surface area contributed by atoms with Crippen LogP contribution in [-0.2, 0) is 35.3 Å². The van der Waals surface area contributed by atoms with Gasteiger partial charge in [0.2, 0.25) is 5.91 Å². The number of nitrogens with zero attached hydrogens (tertiary/aromatic N) is 4. The second kappa shape index (κ2) is 10.1. The van der Waals surface area contributed by atoms with Crippen LogP contribution in [-0.4, -0.2) is 69.8 Å². The van der Waals surface area contributed by atoms with Crippen molar-refractivity contribution in [2.24, 2.45) is 0 Å². The van der Waals surface area contributed by atoms with E-state index in [9.17, 15) is 9.59 Å². The molecule has 0 radical (unpaired) electrons. The third-order valence-electron chi connectivity index (χ3n) is 7.88. The number of carbonyl (C=O) groups excluding carboxylic acids is 2. The van der Waals surface area contributed by atoms with Gasteiger partial charge >= 0.3 is 0 Å². The number of amides is 2. The van der Waals surface area contributed by atoms with Gasteiger partial charge in [-0.1, -0.05) is 31.2 Å². The number of hydrogen-bond acceptors (Lipinski definition) is 4. The number of benzene rings is 1. The largest absolute Gasteiger partial charge is 0.372 e. The summed E-state index contributed by atoms with van der Waals surface area (Å²) in [7, 11) is 0. The molecule has 1 aromatic carbocycles. The van der Waals surface area contributed by atoms with Crippen LogP contribution in [0.1, 0.15) is 78.8 Å². The molecule has 0 saturated carbocycles. The van der Waals surface area contributed by atoms with E-state index in [2.05, 4.69) is 31.2 Å². The van der Waals surface area contributed by atoms with E-state index in [-0.39, 0.29) is 30.6 Å². The Morgan fingerprint density at radius 2 is 1.80 bits per heavy atom. The van der Waals surface area contributed by atoms with Gasteiger partial charge in [-0.15, -0.1) is 0 Å². The maximum Gasteiger partial charge on any atom is 0.274 e. The number of aryl methyl sites for hydroxylation is 1. The first kappa shape index (κ1) is 24.0. The first-order valence-corrected chi connectivity index (χ1v) is 13.3. The van der Waals surface area contributed by atoms with Crippen LogP contribution in [0.25, 0.3) is 0 Å². The summed E-state index contributed by atoms with van der Waals surface area (Å²) in [6.07, 6.45) is 5.84. The minimum atomic E-state index is -0.0218. The van der Waals surface area contributed by atoms with Crippen LogP contribution in [0.3, 0.4) is 0 Å². The summed E-state index contributed by atoms with van der Waals surface area (Å²) in [4.78, 5) is 30.4. The van der Waals surface area contributed by atoms with Crippen LogP contribution < -0.4 is 0 Å². The Morgan fingerprint density at radius 1 is 1.06 bits per heavy atom. The number of rotatable bonds is 5. The molecule has 3 heterocycles. The quantitative estimate of drug-likeness (QED) is 0.659. The van der Waals surface area contributed by atoms with Crippen molar-refractivity contribution < 1.29 is 14.3 Å². The summed E-state index contributed by atoms with van der Waals surface area (Å²) in [6, 6.07) is 8.89. The third-order valence-corrected chi connectivity index (χ3v) is 7.88. The van der Waals surface area contributed by atoms with Crippen molar-refractivity contribution in [1.29, 1.82) is 0 Å². The number of carbonyl (C=O) groups is 2. The zero-order chi connectivity index (χ0) is 24.5. The molecule has 2 aliphatic heterocycles. The molecule has 5 rings (SSSR count). The van der Waals surface area contributed by atoms with Gasteiger partial charge < -0.3 is 14.5 Å². The molecule has 0 unspecified atom stereocenters. The highest BCUT2D eigenvalue weighted by Gasteiger charge is 2.33. The minimum absolute atomic E-state index is 0.0202. The van der Waals surface area contributed by atoms with E-state index in [4.69, 9.17) is 9.84 Å². The first-order valence-electron chi connectivity index (χ1n) is 13.3. The van der Waals surface area contributed by atoms with E-state index in [1.165, 1.54) is 11.1 Å². The molecule has 2 amide bonds. The molecule has 0 bridgehead atoms. The van der Waals surface area contributed by atoms with E-state index in [1.54, 1.807) is 0 Å². The van der Waals surface area contributed by atoms with Crippen molar-refractivity contribution in [3.8, 4) is 0 Å². The van der Waals surface area contributed by atoms with Gasteiger partial charge in [-0.3, -0.25) is 14.3 Å². The molecule has 7 heteroatoms. The number of ether oxygens (including phenoxy) is 1. The summed E-state index contributed by atoms with van der Waals surface area (Å²) in [5, 5.41) is 4.71. The highest BCUT2D eigenvalue weighted by molar-refractivity contribution is 5.94. The van der Waals surface area contributed by atoms with Gasteiger partial charge in [0.1, 0.15) is 6.54 Å². The molecule has 2 atom stereocenters. The molecule has 0 N–H and O–H groups in total. The molecule has 2 saturated heterocycles. The molecule has 3 aliphatic rings. The predicted molar refractivity (Wildman–Crippen MR) is 135 cm³/mol. The summed E-state index contributed by atoms with van der Waals surface area (Å²) >= 11 is 0. The van der Waals surface area contributed by atoms with E-state index < -0.39 is 0 Å². The van der Waals surface area contributed by atoms with Gasteiger partial charge in [-0.25, -0.2) is 0 Å². The zero-order valence-corrected chi connectivity index (χ0v) is 21.3. The summed E-state index contributed by atoms with van der Waals surface area (Å²) in [5.74, 6) is 0.601. The molecule has 2 fully saturated rings. The number of piperidine rings is 1. The lowest BCUT2D eigenvalue weighted by Gasteiger charge is -2.35. The minimum Gasteiger partial charge on any atom is -0.372 e. The van der Waals surface area contributed by atoms with Crippen LogP contribution in [0, 0.1) is 0 Å². The molecule has 1 aliphatic carbocycles. The average molecular weight is 479 g/mol. The highest BCUT2D eigenvalue weighted by Crippen LogP contribution is 2.30. The van der Waals surface area contributed by atoms with E-state index >= 15 is 0 Å². The van der Waals surface area contributed by atoms with E-state index in [0.717, 1.165) is 62.9 Å². The molecule has 2 aromatic rings. The van der Waals surface area contributed by atoms with Gasteiger partial charge in [0.15, 0.2) is 5.69 Å². The Bertz CT molecular complexity index is 1080. The number of likely N-dealkylation sites (tertiary alicyclic amines) is 1. The topological polar surface area (TPSA) is 67.7 Å². The van der Waals surface area contributed by atoms with Crippen molar-refractivity contribution >= 4 is 11.8 Å². The lowest BCUT2D eigenvalue weighted by Crippen LogP contribution is -2.48. The Morgan fingerprint density at radius 3 is 2.51 bits per heavy atom. The lowest BCUT2D eigenvalue weighted by molar-refractivity contribution is -0.133. The maximum atomic E-state index is 13.4. The fourth-order valence-corrected chi connectivity index (χ4v) is 6.06. The fraction of sp³-hybridized carbons (Fsp3) is 0.607. The number of aromatic nitrogens is 2. The predicted octanol–water partition coefficient (Wildman–Crippen LogP) is 3.59. The first-order chi connectivity index (χ1) is 16.9. The third kappa shape index (κ3) is 5.01. The number of fused-ring (bicyclic) bond motifs is 1. The van der Waals surface area contributed by atoms with Crippen molar-refractivity contribution in [3.05, 3.63) is 52.3 Å². The van der Waals surface area contributed by atoms with E-state index in [0.29, 0.717) is 24.7 Å². The Kier molecular flexibility index (Phi) is 6.96. The smallest absolute Gasteiger partial charge is 0.274 e. The molecule has 188 valence electrons. The second-order valence-corrected chi connectivity index (χ2v) is 10.5. The summed E-state index contributed by atoms with van der Waals surface area (Å²) < 4.78 is 7.62. The van der Waals surface area contributed by atoms with Crippen molar-refractivity contribution in [2.75, 3.05) is 26.2 Å². The van der Waals surface area contributed by atoms with Gasteiger partial charge in [0.05, 0.1) is 12.2 Å². The SMILES string of the molecule is CCc1cccc(C2CCN(C(=O)Cn3nc(C(=O)N4C[C@@H](C)O[C@@H](C)C4)c4c3CCC4)CC2)c1. The zero-order valence-electron chi connectivity index (χ0n) is 21.3. The van der Waals surface area contributed by atoms with Crippen molar-refractivity contribution in [3.63, 3.8) is 0 Å². The Balaban J connectivity index is 1.24. The van der Waals surface area contributed by atoms with Crippen LogP contribution in [0.15, 0.2) is 24.3 Å². The average Bonchev–Trinajstić information content (AvgIpc) is 3.47. The van der Waals surface area contributed by atoms with Crippen LogP contribution in [0.4, 0.5) is 0 Å². The lowest BCUT2D eigenvalue weighted by atomic mass is 9.88. The molecule has 7 nitrogen and oxygen atoms in total. The van der Waals surface area contributed by atoms with Crippen LogP contribution in [0.2, 0.25) is 0 Å². The highest BCUT2D eigenvalue weighted by atomic mass is 16.5. The molecule has 0 spiro atoms. The molecular weight excluding hydrogens is 440 g/mol. The number of morpholine rings is 1. The molecule has 35 heavy (non-hydrogen) atoms. The van der Waals surface area contributed by atoms with Gasteiger partial charge in [-0.05, 0) is 69.4 Å². The molecule has 1 aromatic heterocycles. The van der Waals surface area contributed by atoms with E-state index in [1.807, 2.05) is 28.3 Å². The summed E-state index contributed by atoms with van der Waals surface area (Å²) in [5.41, 5.74) is 5.43. The number of hydrogen-bond donors (Lipinski definition) is 0. The standard InChI is InChI=1S/C28H38N4O3/c1-4-21-7-5-8-23(15-21)22-11-13-30(14-12-22)26(33)18-32-25-10-6-9-24(25)27(29-32)28(34)31-16-19(2)35-20(3)17-31/h5,7-8,15,19-20,22H,4,6,9-14,16-18H2,1-3H3/t19-,20+. The van der Waals surface area contributed by atoms with Gasteiger partial charge in [0.25, 0.3) is 5.91 Å². The van der Waals surface area contributed by atoms with Crippen molar-refractivity contribution in [1.82, 2.24) is 19.6 Å².